The number of thioether (sulfide) groups is 1. The highest BCUT2D eigenvalue weighted by atomic mass is 79.9. The lowest BCUT2D eigenvalue weighted by molar-refractivity contribution is 0.372. The number of aliphatic imine (C=N–C) groups is 1. The maximum atomic E-state index is 13.6. The van der Waals surface area contributed by atoms with E-state index in [1.165, 1.54) is 13.2 Å². The molecule has 0 amide bonds. The number of hydrogen-bond donors (Lipinski definition) is 1. The first kappa shape index (κ1) is 14.7. The maximum Gasteiger partial charge on any atom is 0.204 e. The monoisotopic (exact) mass is 335 g/mol. The van der Waals surface area contributed by atoms with Crippen molar-refractivity contribution in [2.75, 3.05) is 13.4 Å². The molecule has 0 aliphatic rings. The summed E-state index contributed by atoms with van der Waals surface area (Å²) in [6.45, 7) is 0. The largest absolute Gasteiger partial charge is 0.491 e. The molecule has 0 fully saturated rings. The van der Waals surface area contributed by atoms with Gasteiger partial charge in [0.05, 0.1) is 11.6 Å². The number of rotatable bonds is 2. The Balaban J connectivity index is 3.37. The molecule has 96 valence electrons. The summed E-state index contributed by atoms with van der Waals surface area (Å²) in [4.78, 5) is 3.98. The van der Waals surface area contributed by atoms with Crippen molar-refractivity contribution in [2.24, 2.45) is 4.99 Å². The van der Waals surface area contributed by atoms with Crippen LogP contribution in [0.1, 0.15) is 0 Å². The third-order valence-electron chi connectivity index (χ3n) is 1.88. The van der Waals surface area contributed by atoms with E-state index < -0.39 is 11.6 Å². The minimum atomic E-state index is -1.14. The second-order valence-corrected chi connectivity index (χ2v) is 4.55. The number of nitrogens with zero attached hydrogens (tertiary/aromatic N) is 2. The summed E-state index contributed by atoms with van der Waals surface area (Å²) in [5.74, 6) is -2.50. The fourth-order valence-corrected chi connectivity index (χ4v) is 1.85. The molecule has 0 unspecified atom stereocenters. The van der Waals surface area contributed by atoms with Crippen molar-refractivity contribution >= 4 is 38.5 Å². The molecular formula is C10H8BrF2N3OS. The van der Waals surface area contributed by atoms with Crippen LogP contribution in [0, 0.1) is 23.1 Å². The van der Waals surface area contributed by atoms with Gasteiger partial charge in [-0.15, -0.1) is 0 Å². The summed E-state index contributed by atoms with van der Waals surface area (Å²) in [5, 5.41) is 11.1. The van der Waals surface area contributed by atoms with Crippen LogP contribution >= 0.6 is 27.7 Å². The molecule has 8 heteroatoms. The fraction of sp³-hybridized carbons (Fsp3) is 0.200. The molecule has 0 aliphatic heterocycles. The minimum Gasteiger partial charge on any atom is -0.491 e. The zero-order chi connectivity index (χ0) is 13.7. The molecule has 0 aromatic heterocycles. The summed E-state index contributed by atoms with van der Waals surface area (Å²) in [6.07, 6.45) is 3.38. The molecule has 1 rings (SSSR count). The number of nitriles is 1. The second-order valence-electron chi connectivity index (χ2n) is 2.90. The van der Waals surface area contributed by atoms with E-state index in [2.05, 4.69) is 26.2 Å². The topological polar surface area (TPSA) is 57.4 Å². The van der Waals surface area contributed by atoms with Crippen LogP contribution in [0.5, 0.6) is 5.75 Å². The Hall–Kier alpha value is -1.33. The van der Waals surface area contributed by atoms with Crippen molar-refractivity contribution in [3.63, 3.8) is 0 Å². The Morgan fingerprint density at radius 3 is 2.72 bits per heavy atom. The number of ether oxygens (including phenoxy) is 1. The third-order valence-corrected chi connectivity index (χ3v) is 3.04. The predicted octanol–water partition coefficient (Wildman–Crippen LogP) is 3.16. The van der Waals surface area contributed by atoms with Gasteiger partial charge >= 0.3 is 0 Å². The van der Waals surface area contributed by atoms with Crippen LogP contribution in [-0.4, -0.2) is 18.5 Å². The molecule has 0 saturated carbocycles. The molecule has 1 N–H and O–H groups in total. The Labute approximate surface area is 115 Å². The Kier molecular flexibility index (Phi) is 5.37. The van der Waals surface area contributed by atoms with E-state index in [1.54, 1.807) is 12.4 Å². The Morgan fingerprint density at radius 2 is 2.22 bits per heavy atom. The van der Waals surface area contributed by atoms with Gasteiger partial charge in [-0.05, 0) is 28.3 Å². The van der Waals surface area contributed by atoms with Crippen molar-refractivity contribution in [2.45, 2.75) is 0 Å². The third kappa shape index (κ3) is 3.11. The lowest BCUT2D eigenvalue weighted by atomic mass is 10.2. The van der Waals surface area contributed by atoms with Crippen LogP contribution in [0.3, 0.4) is 0 Å². The van der Waals surface area contributed by atoms with Crippen LogP contribution in [0.15, 0.2) is 15.5 Å². The number of benzene rings is 1. The molecular weight excluding hydrogens is 328 g/mol. The predicted molar refractivity (Wildman–Crippen MR) is 70.0 cm³/mol. The summed E-state index contributed by atoms with van der Waals surface area (Å²) in [5.41, 5.74) is 0.0791. The van der Waals surface area contributed by atoms with E-state index in [9.17, 15) is 8.78 Å². The highest BCUT2D eigenvalue weighted by Crippen LogP contribution is 2.36. The number of halogens is 3. The fourth-order valence-electron chi connectivity index (χ4n) is 1.12. The molecule has 0 radical (unpaired) electrons. The minimum absolute atomic E-state index is 0.0723. The summed E-state index contributed by atoms with van der Waals surface area (Å²) in [7, 11) is 1.21. The van der Waals surface area contributed by atoms with E-state index in [0.29, 0.717) is 0 Å². The van der Waals surface area contributed by atoms with E-state index in [0.717, 1.165) is 11.8 Å². The Bertz CT molecular complexity index is 531. The van der Waals surface area contributed by atoms with Gasteiger partial charge in [0.15, 0.2) is 22.9 Å². The molecule has 18 heavy (non-hydrogen) atoms. The van der Waals surface area contributed by atoms with Crippen molar-refractivity contribution in [3.8, 4) is 11.9 Å². The number of nitrogens with one attached hydrogen (secondary N) is 1. The van der Waals surface area contributed by atoms with Crippen molar-refractivity contribution < 1.29 is 13.5 Å². The van der Waals surface area contributed by atoms with E-state index in [4.69, 9.17) is 10.00 Å². The molecule has 0 aliphatic carbocycles. The average molecular weight is 336 g/mol. The van der Waals surface area contributed by atoms with Crippen molar-refractivity contribution in [1.29, 1.82) is 5.26 Å². The van der Waals surface area contributed by atoms with Gasteiger partial charge in [-0.3, -0.25) is 5.32 Å². The van der Waals surface area contributed by atoms with Crippen LogP contribution in [0.25, 0.3) is 0 Å². The van der Waals surface area contributed by atoms with Crippen LogP contribution in [-0.2, 0) is 0 Å². The SMILES string of the molecule is COc1c(N=C(NC#N)SC)cc(Br)c(F)c1F. The molecule has 0 heterocycles. The lowest BCUT2D eigenvalue weighted by Crippen LogP contribution is -2.12. The van der Waals surface area contributed by atoms with Gasteiger partial charge in [-0.2, -0.15) is 9.65 Å². The van der Waals surface area contributed by atoms with Crippen LogP contribution < -0.4 is 10.1 Å². The lowest BCUT2D eigenvalue weighted by Gasteiger charge is -2.09. The van der Waals surface area contributed by atoms with Gasteiger partial charge in [-0.1, -0.05) is 11.8 Å². The molecule has 0 bridgehead atoms. The summed E-state index contributed by atoms with van der Waals surface area (Å²) < 4.78 is 31.6. The highest BCUT2D eigenvalue weighted by Gasteiger charge is 2.18. The van der Waals surface area contributed by atoms with E-state index in [-0.39, 0.29) is 21.1 Å². The first-order valence-corrected chi connectivity index (χ1v) is 6.56. The first-order chi connectivity index (χ1) is 8.54. The van der Waals surface area contributed by atoms with Gasteiger partial charge in [0.25, 0.3) is 0 Å². The van der Waals surface area contributed by atoms with E-state index in [1.807, 2.05) is 0 Å². The number of amidine groups is 1. The zero-order valence-electron chi connectivity index (χ0n) is 9.42. The highest BCUT2D eigenvalue weighted by molar-refractivity contribution is 9.10. The van der Waals surface area contributed by atoms with Gasteiger partial charge in [0.2, 0.25) is 5.82 Å². The van der Waals surface area contributed by atoms with Gasteiger partial charge in [0.1, 0.15) is 5.69 Å². The zero-order valence-corrected chi connectivity index (χ0v) is 11.8. The van der Waals surface area contributed by atoms with Gasteiger partial charge < -0.3 is 4.74 Å². The van der Waals surface area contributed by atoms with Crippen LogP contribution in [0.2, 0.25) is 0 Å². The number of hydrogen-bond acceptors (Lipinski definition) is 4. The smallest absolute Gasteiger partial charge is 0.204 e. The molecule has 4 nitrogen and oxygen atoms in total. The molecule has 1 aromatic carbocycles. The molecule has 0 spiro atoms. The van der Waals surface area contributed by atoms with Gasteiger partial charge in [-0.25, -0.2) is 9.38 Å². The second kappa shape index (κ2) is 6.56. The molecule has 0 atom stereocenters. The molecule has 0 saturated heterocycles. The van der Waals surface area contributed by atoms with E-state index >= 15 is 0 Å². The maximum absolute atomic E-state index is 13.6. The first-order valence-electron chi connectivity index (χ1n) is 4.54. The van der Waals surface area contributed by atoms with Crippen molar-refractivity contribution in [3.05, 3.63) is 22.2 Å². The number of methoxy groups -OCH3 is 1. The normalized spacial score (nSPS) is 11.0. The summed E-state index contributed by atoms with van der Waals surface area (Å²) in [6, 6.07) is 1.27. The standard InChI is InChI=1S/C10H8BrF2N3OS/c1-17-9-6(16-10(18-2)15-4-14)3-5(11)7(12)8(9)13/h3H,1-2H3,(H,15,16). The summed E-state index contributed by atoms with van der Waals surface area (Å²) >= 11 is 4.03. The van der Waals surface area contributed by atoms with Crippen molar-refractivity contribution in [1.82, 2.24) is 5.32 Å². The Morgan fingerprint density at radius 1 is 1.56 bits per heavy atom. The van der Waals surface area contributed by atoms with Gasteiger partial charge in [0, 0.05) is 0 Å². The average Bonchev–Trinajstić information content (AvgIpc) is 2.36. The molecule has 1 aromatic rings. The van der Waals surface area contributed by atoms with Crippen LogP contribution in [0.4, 0.5) is 14.5 Å². The quantitative estimate of drug-likeness (QED) is 0.296.